The van der Waals surface area contributed by atoms with Crippen LogP contribution in [0.2, 0.25) is 0 Å². The Morgan fingerprint density at radius 3 is 2.57 bits per heavy atom. The minimum absolute atomic E-state index is 0.213. The van der Waals surface area contributed by atoms with E-state index in [9.17, 15) is 4.79 Å². The lowest BCUT2D eigenvalue weighted by atomic mass is 10.1. The van der Waals surface area contributed by atoms with Crippen molar-refractivity contribution in [2.75, 3.05) is 12.4 Å². The van der Waals surface area contributed by atoms with Crippen LogP contribution in [0.15, 0.2) is 77.3 Å². The third-order valence-electron chi connectivity index (χ3n) is 4.23. The molecule has 6 nitrogen and oxygen atoms in total. The van der Waals surface area contributed by atoms with Crippen LogP contribution in [0.1, 0.15) is 16.1 Å². The van der Waals surface area contributed by atoms with Crippen LogP contribution in [0.3, 0.4) is 0 Å². The lowest BCUT2D eigenvalue weighted by Gasteiger charge is -2.08. The third kappa shape index (κ3) is 3.66. The van der Waals surface area contributed by atoms with Crippen molar-refractivity contribution in [3.05, 3.63) is 84.3 Å². The van der Waals surface area contributed by atoms with Crippen molar-refractivity contribution in [2.24, 2.45) is 0 Å². The Morgan fingerprint density at radius 2 is 1.82 bits per heavy atom. The van der Waals surface area contributed by atoms with E-state index in [1.807, 2.05) is 54.6 Å². The molecule has 2 aromatic carbocycles. The molecule has 28 heavy (non-hydrogen) atoms. The highest BCUT2D eigenvalue weighted by atomic mass is 16.5. The molecule has 6 heteroatoms. The van der Waals surface area contributed by atoms with Crippen molar-refractivity contribution in [1.29, 1.82) is 0 Å². The first-order valence-electron chi connectivity index (χ1n) is 8.74. The molecule has 0 bridgehead atoms. The summed E-state index contributed by atoms with van der Waals surface area (Å²) in [4.78, 5) is 16.9. The van der Waals surface area contributed by atoms with E-state index in [2.05, 4.69) is 10.3 Å². The number of methoxy groups -OCH3 is 1. The molecule has 0 saturated heterocycles. The number of fused-ring (bicyclic) bond motifs is 1. The van der Waals surface area contributed by atoms with E-state index in [-0.39, 0.29) is 18.3 Å². The number of carbonyl (C=O) groups is 1. The predicted molar refractivity (Wildman–Crippen MR) is 106 cm³/mol. The monoisotopic (exact) mass is 374 g/mol. The van der Waals surface area contributed by atoms with E-state index >= 15 is 0 Å². The number of nitrogens with zero attached hydrogens (tertiary/aromatic N) is 1. The molecule has 0 atom stereocenters. The predicted octanol–water partition coefficient (Wildman–Crippen LogP) is 4.67. The van der Waals surface area contributed by atoms with E-state index in [1.54, 1.807) is 12.1 Å². The van der Waals surface area contributed by atoms with E-state index in [0.29, 0.717) is 22.7 Å². The molecule has 0 unspecified atom stereocenters. The molecule has 2 heterocycles. The molecule has 0 fully saturated rings. The van der Waals surface area contributed by atoms with Crippen molar-refractivity contribution < 1.29 is 18.7 Å². The van der Waals surface area contributed by atoms with Crippen LogP contribution in [0, 0.1) is 0 Å². The SMILES string of the molecule is COc1ccc(NC(=O)c2oc3ccccc3c2COc2ccccc2)cn1. The summed E-state index contributed by atoms with van der Waals surface area (Å²) >= 11 is 0. The number of benzene rings is 2. The second-order valence-electron chi connectivity index (χ2n) is 6.05. The number of amides is 1. The average molecular weight is 374 g/mol. The maximum atomic E-state index is 12.9. The summed E-state index contributed by atoms with van der Waals surface area (Å²) in [6.45, 7) is 0.213. The Kier molecular flexibility index (Phi) is 4.93. The summed E-state index contributed by atoms with van der Waals surface area (Å²) in [6, 6.07) is 20.3. The molecular formula is C22H18N2O4. The van der Waals surface area contributed by atoms with Crippen LogP contribution >= 0.6 is 0 Å². The highest BCUT2D eigenvalue weighted by Crippen LogP contribution is 2.28. The fourth-order valence-electron chi connectivity index (χ4n) is 2.86. The zero-order valence-corrected chi connectivity index (χ0v) is 15.2. The smallest absolute Gasteiger partial charge is 0.291 e. The van der Waals surface area contributed by atoms with Gasteiger partial charge in [-0.3, -0.25) is 4.79 Å². The number of rotatable bonds is 6. The van der Waals surface area contributed by atoms with Crippen LogP contribution in [-0.2, 0) is 6.61 Å². The Bertz CT molecular complexity index is 1090. The van der Waals surface area contributed by atoms with Gasteiger partial charge in [-0.05, 0) is 24.3 Å². The van der Waals surface area contributed by atoms with Gasteiger partial charge in [0.05, 0.1) is 19.0 Å². The van der Waals surface area contributed by atoms with Gasteiger partial charge in [-0.25, -0.2) is 4.98 Å². The Labute approximate surface area is 161 Å². The quantitative estimate of drug-likeness (QED) is 0.531. The minimum Gasteiger partial charge on any atom is -0.489 e. The summed E-state index contributed by atoms with van der Waals surface area (Å²) in [5, 5.41) is 3.65. The number of furan rings is 1. The fraction of sp³-hybridized carbons (Fsp3) is 0.0909. The van der Waals surface area contributed by atoms with Gasteiger partial charge in [0.15, 0.2) is 5.76 Å². The molecule has 0 spiro atoms. The molecular weight excluding hydrogens is 356 g/mol. The molecule has 0 radical (unpaired) electrons. The van der Waals surface area contributed by atoms with Gasteiger partial charge in [-0.2, -0.15) is 0 Å². The molecule has 0 aliphatic carbocycles. The Balaban J connectivity index is 1.62. The first kappa shape index (κ1) is 17.6. The molecule has 0 aliphatic heterocycles. The number of hydrogen-bond donors (Lipinski definition) is 1. The normalized spacial score (nSPS) is 10.6. The van der Waals surface area contributed by atoms with Gasteiger partial charge in [-0.1, -0.05) is 36.4 Å². The van der Waals surface area contributed by atoms with E-state index < -0.39 is 0 Å². The second-order valence-corrected chi connectivity index (χ2v) is 6.05. The Hall–Kier alpha value is -3.80. The summed E-state index contributed by atoms with van der Waals surface area (Å²) < 4.78 is 16.7. The van der Waals surface area contributed by atoms with Gasteiger partial charge in [0.25, 0.3) is 5.91 Å². The first-order valence-corrected chi connectivity index (χ1v) is 8.74. The standard InChI is InChI=1S/C22H18N2O4/c1-26-20-12-11-15(13-23-20)24-22(25)21-18(14-27-16-7-3-2-4-8-16)17-9-5-6-10-19(17)28-21/h2-13H,14H2,1H3,(H,24,25). The number of anilines is 1. The lowest BCUT2D eigenvalue weighted by Crippen LogP contribution is -2.14. The highest BCUT2D eigenvalue weighted by Gasteiger charge is 2.21. The van der Waals surface area contributed by atoms with Crippen molar-refractivity contribution in [2.45, 2.75) is 6.61 Å². The second kappa shape index (κ2) is 7.84. The molecule has 4 rings (SSSR count). The van der Waals surface area contributed by atoms with Crippen LogP contribution in [-0.4, -0.2) is 18.0 Å². The Morgan fingerprint density at radius 1 is 1.04 bits per heavy atom. The fourth-order valence-corrected chi connectivity index (χ4v) is 2.86. The number of pyridine rings is 1. The number of carbonyl (C=O) groups excluding carboxylic acids is 1. The molecule has 140 valence electrons. The van der Waals surface area contributed by atoms with E-state index in [0.717, 1.165) is 11.1 Å². The van der Waals surface area contributed by atoms with Crippen molar-refractivity contribution >= 4 is 22.6 Å². The summed E-state index contributed by atoms with van der Waals surface area (Å²) in [5.41, 5.74) is 1.87. The first-order chi connectivity index (χ1) is 13.7. The maximum Gasteiger partial charge on any atom is 0.291 e. The van der Waals surface area contributed by atoms with E-state index in [1.165, 1.54) is 13.3 Å². The van der Waals surface area contributed by atoms with Gasteiger partial charge in [-0.15, -0.1) is 0 Å². The van der Waals surface area contributed by atoms with Crippen LogP contribution < -0.4 is 14.8 Å². The van der Waals surface area contributed by atoms with E-state index in [4.69, 9.17) is 13.9 Å². The largest absolute Gasteiger partial charge is 0.489 e. The zero-order valence-electron chi connectivity index (χ0n) is 15.2. The average Bonchev–Trinajstić information content (AvgIpc) is 3.12. The van der Waals surface area contributed by atoms with Gasteiger partial charge in [0.2, 0.25) is 5.88 Å². The lowest BCUT2D eigenvalue weighted by molar-refractivity contribution is 0.0995. The number of aromatic nitrogens is 1. The van der Waals surface area contributed by atoms with Crippen molar-refractivity contribution in [1.82, 2.24) is 4.98 Å². The maximum absolute atomic E-state index is 12.9. The number of para-hydroxylation sites is 2. The topological polar surface area (TPSA) is 73.6 Å². The van der Waals surface area contributed by atoms with Crippen molar-refractivity contribution in [3.8, 4) is 11.6 Å². The molecule has 1 N–H and O–H groups in total. The molecule has 0 saturated carbocycles. The van der Waals surface area contributed by atoms with Gasteiger partial charge in [0, 0.05) is 17.0 Å². The summed E-state index contributed by atoms with van der Waals surface area (Å²) in [5.74, 6) is 1.04. The number of hydrogen-bond acceptors (Lipinski definition) is 5. The summed E-state index contributed by atoms with van der Waals surface area (Å²) in [6.07, 6.45) is 1.53. The van der Waals surface area contributed by atoms with Crippen LogP contribution in [0.25, 0.3) is 11.0 Å². The third-order valence-corrected chi connectivity index (χ3v) is 4.23. The molecule has 2 aromatic heterocycles. The minimum atomic E-state index is -0.366. The molecule has 4 aromatic rings. The number of nitrogens with one attached hydrogen (secondary N) is 1. The van der Waals surface area contributed by atoms with Crippen LogP contribution in [0.5, 0.6) is 11.6 Å². The highest BCUT2D eigenvalue weighted by molar-refractivity contribution is 6.06. The number of ether oxygens (including phenoxy) is 2. The zero-order chi connectivity index (χ0) is 19.3. The van der Waals surface area contributed by atoms with Gasteiger partial charge < -0.3 is 19.2 Å². The molecule has 1 amide bonds. The van der Waals surface area contributed by atoms with Gasteiger partial charge in [0.1, 0.15) is 17.9 Å². The van der Waals surface area contributed by atoms with Crippen molar-refractivity contribution in [3.63, 3.8) is 0 Å². The molecule has 0 aliphatic rings. The van der Waals surface area contributed by atoms with Crippen LogP contribution in [0.4, 0.5) is 5.69 Å². The van der Waals surface area contributed by atoms with Gasteiger partial charge >= 0.3 is 0 Å². The summed E-state index contributed by atoms with van der Waals surface area (Å²) in [7, 11) is 1.54.